The molecule has 3 heterocycles. The van der Waals surface area contributed by atoms with Crippen LogP contribution in [0.5, 0.6) is 23.0 Å². The highest BCUT2D eigenvalue weighted by molar-refractivity contribution is 6.05. The number of fused-ring (bicyclic) bond motifs is 1. The van der Waals surface area contributed by atoms with Gasteiger partial charge in [-0.05, 0) is 17.7 Å². The quantitative estimate of drug-likeness (QED) is 0.151. The maximum Gasteiger partial charge on any atom is 0.203 e. The van der Waals surface area contributed by atoms with E-state index in [1.165, 1.54) is 24.3 Å². The number of rotatable bonds is 7. The van der Waals surface area contributed by atoms with Crippen LogP contribution in [0.1, 0.15) is 22.0 Å². The maximum absolute atomic E-state index is 13.8. The highest BCUT2D eigenvalue weighted by Crippen LogP contribution is 2.44. The lowest BCUT2D eigenvalue weighted by atomic mass is 9.92. The molecule has 16 heteroatoms. The van der Waals surface area contributed by atoms with Gasteiger partial charge in [-0.2, -0.15) is 0 Å². The fourth-order valence-electron chi connectivity index (χ4n) is 5.24. The van der Waals surface area contributed by atoms with E-state index in [0.29, 0.717) is 0 Å². The molecule has 0 amide bonds. The molecule has 2 saturated heterocycles. The highest BCUT2D eigenvalue weighted by atomic mass is 16.8. The molecule has 2 aromatic rings. The summed E-state index contributed by atoms with van der Waals surface area (Å²) >= 11 is 0. The number of ketones is 1. The molecular formula is C27H32O16. The van der Waals surface area contributed by atoms with E-state index in [1.54, 1.807) is 0 Å². The Bertz CT molecular complexity index is 1290. The molecular weight excluding hydrogens is 580 g/mol. The summed E-state index contributed by atoms with van der Waals surface area (Å²) in [5.41, 5.74) is -0.0783. The van der Waals surface area contributed by atoms with Gasteiger partial charge in [-0.1, -0.05) is 12.1 Å². The van der Waals surface area contributed by atoms with Crippen molar-refractivity contribution in [3.8, 4) is 23.0 Å². The number of hydrogen-bond donors (Lipinski definition) is 10. The summed E-state index contributed by atoms with van der Waals surface area (Å²) in [4.78, 5) is 13.8. The van der Waals surface area contributed by atoms with Gasteiger partial charge in [0.25, 0.3) is 0 Å². The number of aliphatic hydroxyl groups is 7. The van der Waals surface area contributed by atoms with Gasteiger partial charge in [0.15, 0.2) is 24.8 Å². The third-order valence-electron chi connectivity index (χ3n) is 7.57. The zero-order valence-electron chi connectivity index (χ0n) is 22.2. The number of benzene rings is 2. The molecule has 3 aliphatic heterocycles. The molecule has 0 aliphatic carbocycles. The minimum Gasteiger partial charge on any atom is -0.508 e. The van der Waals surface area contributed by atoms with Crippen LogP contribution in [0.15, 0.2) is 36.4 Å². The Balaban J connectivity index is 1.51. The van der Waals surface area contributed by atoms with Crippen molar-refractivity contribution in [3.63, 3.8) is 0 Å². The van der Waals surface area contributed by atoms with Crippen molar-refractivity contribution >= 4 is 5.78 Å². The number of carbonyl (C=O) groups excluding carboxylic acids is 1. The molecule has 43 heavy (non-hydrogen) atoms. The number of hydrogen-bond acceptors (Lipinski definition) is 16. The molecule has 0 saturated carbocycles. The largest absolute Gasteiger partial charge is 0.508 e. The number of phenols is 3. The molecule has 0 bridgehead atoms. The van der Waals surface area contributed by atoms with Gasteiger partial charge in [-0.3, -0.25) is 4.79 Å². The summed E-state index contributed by atoms with van der Waals surface area (Å²) in [6.45, 7) is -1.60. The van der Waals surface area contributed by atoms with Crippen LogP contribution >= 0.6 is 0 Å². The predicted molar refractivity (Wildman–Crippen MR) is 137 cm³/mol. The molecule has 2 aromatic carbocycles. The molecule has 0 spiro atoms. The smallest absolute Gasteiger partial charge is 0.203 e. The Morgan fingerprint density at radius 1 is 0.698 bits per heavy atom. The van der Waals surface area contributed by atoms with Crippen LogP contribution < -0.4 is 4.74 Å². The van der Waals surface area contributed by atoms with Crippen molar-refractivity contribution in [3.05, 3.63) is 47.5 Å². The van der Waals surface area contributed by atoms with Gasteiger partial charge in [-0.15, -0.1) is 0 Å². The number of ether oxygens (including phenoxy) is 5. The van der Waals surface area contributed by atoms with Crippen molar-refractivity contribution in [2.75, 3.05) is 13.2 Å². The van der Waals surface area contributed by atoms with Crippen LogP contribution in [0.25, 0.3) is 0 Å². The second-order valence-electron chi connectivity index (χ2n) is 10.4. The first-order valence-corrected chi connectivity index (χ1v) is 13.2. The normalized spacial score (nSPS) is 37.9. The van der Waals surface area contributed by atoms with Gasteiger partial charge >= 0.3 is 0 Å². The zero-order chi connectivity index (χ0) is 31.2. The van der Waals surface area contributed by atoms with E-state index in [4.69, 9.17) is 23.7 Å². The summed E-state index contributed by atoms with van der Waals surface area (Å²) in [5, 5.41) is 102. The first kappa shape index (κ1) is 31.3. The SMILES string of the molecule is O=C1c2c(O)cc(O)cc2OC(c2ccc(O)cc2)C1O[C@@H]1O[C@H](CO)[C@@H](O)[C@H](O)[C@H]1O[C@@H]1O[C@H](CO)[C@@H](O)[C@H](O)[C@H]1O. The van der Waals surface area contributed by atoms with Crippen molar-refractivity contribution in [2.24, 2.45) is 0 Å². The molecule has 3 aliphatic rings. The van der Waals surface area contributed by atoms with Gasteiger partial charge in [-0.25, -0.2) is 0 Å². The standard InChI is InChI=1S/C27H32O16/c28-7-14-17(33)20(36)22(38)26(40-14)43-25-21(37)18(34)15(8-29)41-27(25)42-24-19(35)16-12(32)5-11(31)6-13(16)39-23(24)9-1-3-10(30)4-2-9/h1-6,14-15,17-18,20-34,36-38H,7-8H2/t14-,15-,17-,18-,20+,21+,22-,23?,24?,25-,26+,27+/m1/s1. The number of aliphatic hydroxyl groups excluding tert-OH is 7. The van der Waals surface area contributed by atoms with Crippen molar-refractivity contribution in [1.82, 2.24) is 0 Å². The summed E-state index contributed by atoms with van der Waals surface area (Å²) in [6, 6.07) is 7.44. The fourth-order valence-corrected chi connectivity index (χ4v) is 5.24. The number of carbonyl (C=O) groups is 1. The van der Waals surface area contributed by atoms with E-state index in [0.717, 1.165) is 12.1 Å². The third kappa shape index (κ3) is 5.87. The van der Waals surface area contributed by atoms with Crippen molar-refractivity contribution < 1.29 is 79.5 Å². The van der Waals surface area contributed by atoms with E-state index < -0.39 is 104 Å². The average Bonchev–Trinajstić information content (AvgIpc) is 2.97. The molecule has 10 N–H and O–H groups in total. The van der Waals surface area contributed by atoms with Gasteiger partial charge in [0, 0.05) is 12.1 Å². The van der Waals surface area contributed by atoms with Crippen molar-refractivity contribution in [2.45, 2.75) is 73.6 Å². The maximum atomic E-state index is 13.8. The Labute approximate surface area is 243 Å². The first-order valence-electron chi connectivity index (χ1n) is 13.2. The monoisotopic (exact) mass is 612 g/mol. The second kappa shape index (κ2) is 12.5. The minimum atomic E-state index is -1.92. The van der Waals surface area contributed by atoms with Crippen molar-refractivity contribution in [1.29, 1.82) is 0 Å². The third-order valence-corrected chi connectivity index (χ3v) is 7.57. The molecule has 12 atom stereocenters. The molecule has 0 radical (unpaired) electrons. The predicted octanol–water partition coefficient (Wildman–Crippen LogP) is -2.87. The Morgan fingerprint density at radius 2 is 1.30 bits per heavy atom. The zero-order valence-corrected chi connectivity index (χ0v) is 22.2. The number of aromatic hydroxyl groups is 3. The topological polar surface area (TPSA) is 266 Å². The van der Waals surface area contributed by atoms with Crippen LogP contribution in [0.2, 0.25) is 0 Å². The molecule has 16 nitrogen and oxygen atoms in total. The summed E-state index contributed by atoms with van der Waals surface area (Å²) in [7, 11) is 0. The van der Waals surface area contributed by atoms with Crippen LogP contribution in [0.4, 0.5) is 0 Å². The minimum absolute atomic E-state index is 0.106. The second-order valence-corrected chi connectivity index (χ2v) is 10.4. The molecule has 5 rings (SSSR count). The average molecular weight is 613 g/mol. The van der Waals surface area contributed by atoms with Gasteiger partial charge in [0.05, 0.1) is 13.2 Å². The van der Waals surface area contributed by atoms with E-state index in [9.17, 15) is 55.9 Å². The van der Waals surface area contributed by atoms with Crippen LogP contribution in [-0.4, -0.2) is 138 Å². The van der Waals surface area contributed by atoms with E-state index in [1.807, 2.05) is 0 Å². The molecule has 0 aromatic heterocycles. The number of Topliss-reactive ketones (excluding diaryl/α,β-unsaturated/α-hetero) is 1. The Kier molecular flexibility index (Phi) is 9.07. The fraction of sp³-hybridized carbons (Fsp3) is 0.519. The summed E-state index contributed by atoms with van der Waals surface area (Å²) in [6.07, 6.45) is -20.4. The summed E-state index contributed by atoms with van der Waals surface area (Å²) in [5.74, 6) is -2.21. The van der Waals surface area contributed by atoms with E-state index in [-0.39, 0.29) is 22.6 Å². The lowest BCUT2D eigenvalue weighted by Crippen LogP contribution is -2.65. The van der Waals surface area contributed by atoms with Crippen LogP contribution in [-0.2, 0) is 18.9 Å². The van der Waals surface area contributed by atoms with Gasteiger partial charge < -0.3 is 74.7 Å². The molecule has 236 valence electrons. The van der Waals surface area contributed by atoms with Crippen LogP contribution in [0.3, 0.4) is 0 Å². The number of phenolic OH excluding ortho intramolecular Hbond substituents is 3. The van der Waals surface area contributed by atoms with E-state index in [2.05, 4.69) is 0 Å². The van der Waals surface area contributed by atoms with Crippen LogP contribution in [0, 0.1) is 0 Å². The highest BCUT2D eigenvalue weighted by Gasteiger charge is 2.53. The van der Waals surface area contributed by atoms with E-state index >= 15 is 0 Å². The lowest BCUT2D eigenvalue weighted by molar-refractivity contribution is -0.371. The van der Waals surface area contributed by atoms with Gasteiger partial charge in [0.1, 0.15) is 77.4 Å². The summed E-state index contributed by atoms with van der Waals surface area (Å²) < 4.78 is 28.6. The molecule has 2 fully saturated rings. The van der Waals surface area contributed by atoms with Gasteiger partial charge in [0.2, 0.25) is 5.78 Å². The Hall–Kier alpha value is -3.13. The lowest BCUT2D eigenvalue weighted by Gasteiger charge is -2.47. The Morgan fingerprint density at radius 3 is 1.93 bits per heavy atom. The first-order chi connectivity index (χ1) is 20.4. The molecule has 2 unspecified atom stereocenters.